The third-order valence-corrected chi connectivity index (χ3v) is 7.82. The molecule has 0 spiro atoms. The highest BCUT2D eigenvalue weighted by atomic mass is 35.5. The third-order valence-electron chi connectivity index (χ3n) is 6.41. The zero-order chi connectivity index (χ0) is 27.0. The van der Waals surface area contributed by atoms with Crippen LogP contribution in [-0.2, 0) is 26.2 Å². The molecular weight excluding hydrogens is 498 g/mol. The highest BCUT2D eigenvalue weighted by molar-refractivity contribution is 7.92. The molecular formula is C27H38ClN3O4S. The van der Waals surface area contributed by atoms with Gasteiger partial charge in [0.05, 0.1) is 11.9 Å². The number of aryl methyl sites for hydroxylation is 1. The van der Waals surface area contributed by atoms with Crippen LogP contribution in [0.15, 0.2) is 42.5 Å². The fourth-order valence-corrected chi connectivity index (χ4v) is 5.10. The summed E-state index contributed by atoms with van der Waals surface area (Å²) in [5, 5.41) is 3.49. The predicted molar refractivity (Wildman–Crippen MR) is 147 cm³/mol. The van der Waals surface area contributed by atoms with Gasteiger partial charge in [0.15, 0.2) is 0 Å². The topological polar surface area (TPSA) is 86.8 Å². The van der Waals surface area contributed by atoms with Crippen molar-refractivity contribution in [3.63, 3.8) is 0 Å². The SMILES string of the molecule is CCC(C)NC(=O)C(C)N(Cc1cccc(Cl)c1)C(=O)CCCN(c1cccc(C)c1C)S(C)(=O)=O. The van der Waals surface area contributed by atoms with E-state index in [1.807, 2.05) is 45.9 Å². The smallest absolute Gasteiger partial charge is 0.242 e. The van der Waals surface area contributed by atoms with Gasteiger partial charge < -0.3 is 10.2 Å². The summed E-state index contributed by atoms with van der Waals surface area (Å²) in [6.07, 6.45) is 2.35. The molecule has 0 fully saturated rings. The lowest BCUT2D eigenvalue weighted by molar-refractivity contribution is -0.140. The van der Waals surface area contributed by atoms with Crippen molar-refractivity contribution in [3.05, 3.63) is 64.2 Å². The van der Waals surface area contributed by atoms with Gasteiger partial charge in [0.25, 0.3) is 0 Å². The van der Waals surface area contributed by atoms with Crippen LogP contribution in [0.3, 0.4) is 0 Å². The summed E-state index contributed by atoms with van der Waals surface area (Å²) in [7, 11) is -3.55. The Labute approximate surface area is 220 Å². The molecule has 0 aliphatic heterocycles. The number of anilines is 1. The molecule has 0 saturated heterocycles. The number of amides is 2. The summed E-state index contributed by atoms with van der Waals surface area (Å²) >= 11 is 6.14. The van der Waals surface area contributed by atoms with Crippen molar-refractivity contribution in [1.82, 2.24) is 10.2 Å². The molecule has 36 heavy (non-hydrogen) atoms. The first-order chi connectivity index (χ1) is 16.8. The van der Waals surface area contributed by atoms with E-state index in [0.717, 1.165) is 23.1 Å². The summed E-state index contributed by atoms with van der Waals surface area (Å²) in [6.45, 7) is 9.81. The molecule has 2 atom stereocenters. The average Bonchev–Trinajstić information content (AvgIpc) is 2.81. The Morgan fingerprint density at radius 1 is 1.08 bits per heavy atom. The molecule has 2 unspecified atom stereocenters. The number of sulfonamides is 1. The first-order valence-electron chi connectivity index (χ1n) is 12.2. The van der Waals surface area contributed by atoms with Crippen molar-refractivity contribution < 1.29 is 18.0 Å². The number of nitrogens with one attached hydrogen (secondary N) is 1. The molecule has 0 saturated carbocycles. The van der Waals surface area contributed by atoms with E-state index < -0.39 is 16.1 Å². The summed E-state index contributed by atoms with van der Waals surface area (Å²) < 4.78 is 26.5. The van der Waals surface area contributed by atoms with E-state index in [2.05, 4.69) is 5.32 Å². The van der Waals surface area contributed by atoms with Gasteiger partial charge in [-0.3, -0.25) is 13.9 Å². The van der Waals surface area contributed by atoms with Gasteiger partial charge in [-0.2, -0.15) is 0 Å². The molecule has 9 heteroatoms. The summed E-state index contributed by atoms with van der Waals surface area (Å²) in [5.74, 6) is -0.455. The van der Waals surface area contributed by atoms with Gasteiger partial charge in [-0.1, -0.05) is 42.8 Å². The second kappa shape index (κ2) is 13.1. The van der Waals surface area contributed by atoms with Gasteiger partial charge in [-0.15, -0.1) is 0 Å². The number of carbonyl (C=O) groups excluding carboxylic acids is 2. The highest BCUT2D eigenvalue weighted by Gasteiger charge is 2.27. The zero-order valence-electron chi connectivity index (χ0n) is 22.0. The fraction of sp³-hybridized carbons (Fsp3) is 0.481. The van der Waals surface area contributed by atoms with Crippen LogP contribution in [0.1, 0.15) is 56.7 Å². The van der Waals surface area contributed by atoms with Crippen molar-refractivity contribution in [2.45, 2.75) is 72.5 Å². The Morgan fingerprint density at radius 3 is 2.36 bits per heavy atom. The first-order valence-corrected chi connectivity index (χ1v) is 14.5. The fourth-order valence-electron chi connectivity index (χ4n) is 3.87. The number of hydrogen-bond acceptors (Lipinski definition) is 4. The minimum absolute atomic E-state index is 0.0102. The van der Waals surface area contributed by atoms with Crippen LogP contribution in [0.25, 0.3) is 0 Å². The van der Waals surface area contributed by atoms with Crippen molar-refractivity contribution in [3.8, 4) is 0 Å². The number of halogens is 1. The Balaban J connectivity index is 2.21. The maximum atomic E-state index is 13.4. The van der Waals surface area contributed by atoms with Crippen LogP contribution >= 0.6 is 11.6 Å². The predicted octanol–water partition coefficient (Wildman–Crippen LogP) is 4.84. The van der Waals surface area contributed by atoms with Gasteiger partial charge in [-0.05, 0) is 75.4 Å². The molecule has 0 aromatic heterocycles. The van der Waals surface area contributed by atoms with Crippen molar-refractivity contribution in [1.29, 1.82) is 0 Å². The van der Waals surface area contributed by atoms with Gasteiger partial charge in [0.1, 0.15) is 6.04 Å². The highest BCUT2D eigenvalue weighted by Crippen LogP contribution is 2.25. The molecule has 0 aliphatic rings. The molecule has 2 aromatic carbocycles. The molecule has 0 bridgehead atoms. The number of benzene rings is 2. The van der Waals surface area contributed by atoms with Gasteiger partial charge in [0.2, 0.25) is 21.8 Å². The summed E-state index contributed by atoms with van der Waals surface area (Å²) in [5.41, 5.74) is 3.30. The molecule has 0 radical (unpaired) electrons. The van der Waals surface area contributed by atoms with Crippen molar-refractivity contribution in [2.24, 2.45) is 0 Å². The average molecular weight is 536 g/mol. The normalized spacial score (nSPS) is 13.1. The van der Waals surface area contributed by atoms with E-state index in [9.17, 15) is 18.0 Å². The molecule has 0 heterocycles. The molecule has 2 amide bonds. The minimum atomic E-state index is -3.55. The molecule has 1 N–H and O–H groups in total. The van der Waals surface area contributed by atoms with Crippen LogP contribution in [0.2, 0.25) is 5.02 Å². The maximum absolute atomic E-state index is 13.4. The first kappa shape index (κ1) is 29.6. The van der Waals surface area contributed by atoms with E-state index >= 15 is 0 Å². The second-order valence-electron chi connectivity index (χ2n) is 9.30. The van der Waals surface area contributed by atoms with Crippen molar-refractivity contribution in [2.75, 3.05) is 17.1 Å². The van der Waals surface area contributed by atoms with Gasteiger partial charge >= 0.3 is 0 Å². The number of rotatable bonds is 12. The second-order valence-corrected chi connectivity index (χ2v) is 11.6. The van der Waals surface area contributed by atoms with Crippen LogP contribution in [0.4, 0.5) is 5.69 Å². The third kappa shape index (κ3) is 8.23. The minimum Gasteiger partial charge on any atom is -0.352 e. The van der Waals surface area contributed by atoms with E-state index in [-0.39, 0.29) is 37.4 Å². The van der Waals surface area contributed by atoms with E-state index in [1.54, 1.807) is 31.2 Å². The lowest BCUT2D eigenvalue weighted by atomic mass is 10.1. The van der Waals surface area contributed by atoms with Crippen LogP contribution < -0.4 is 9.62 Å². The Morgan fingerprint density at radius 2 is 1.75 bits per heavy atom. The van der Waals surface area contributed by atoms with Gasteiger partial charge in [0, 0.05) is 30.6 Å². The zero-order valence-corrected chi connectivity index (χ0v) is 23.6. The van der Waals surface area contributed by atoms with E-state index in [1.165, 1.54) is 15.5 Å². The quantitative estimate of drug-likeness (QED) is 0.421. The lowest BCUT2D eigenvalue weighted by Gasteiger charge is -2.30. The standard InChI is InChI=1S/C27H38ClN3O4S/c1-7-20(3)29-27(33)22(5)30(18-23-12-9-13-24(28)17-23)26(32)15-10-16-31(36(6,34)35)25-14-8-11-19(2)21(25)4/h8-9,11-14,17,20,22H,7,10,15-16,18H2,1-6H3,(H,29,33). The molecule has 0 aliphatic carbocycles. The van der Waals surface area contributed by atoms with E-state index in [4.69, 9.17) is 11.6 Å². The number of carbonyl (C=O) groups is 2. The van der Waals surface area contributed by atoms with Crippen LogP contribution in [0, 0.1) is 13.8 Å². The van der Waals surface area contributed by atoms with Gasteiger partial charge in [-0.25, -0.2) is 8.42 Å². The van der Waals surface area contributed by atoms with Crippen LogP contribution in [-0.4, -0.2) is 50.0 Å². The molecule has 2 rings (SSSR count). The molecule has 198 valence electrons. The van der Waals surface area contributed by atoms with Crippen LogP contribution in [0.5, 0.6) is 0 Å². The molecule has 7 nitrogen and oxygen atoms in total. The number of nitrogens with zero attached hydrogens (tertiary/aromatic N) is 2. The lowest BCUT2D eigenvalue weighted by Crippen LogP contribution is -2.49. The Bertz CT molecular complexity index is 1170. The Hall–Kier alpha value is -2.58. The monoisotopic (exact) mass is 535 g/mol. The maximum Gasteiger partial charge on any atom is 0.242 e. The Kier molecular flexibility index (Phi) is 10.8. The van der Waals surface area contributed by atoms with Crippen molar-refractivity contribution >= 4 is 39.1 Å². The number of hydrogen-bond donors (Lipinski definition) is 1. The van der Waals surface area contributed by atoms with E-state index in [0.29, 0.717) is 17.1 Å². The molecule has 2 aromatic rings. The summed E-state index contributed by atoms with van der Waals surface area (Å²) in [4.78, 5) is 27.8. The largest absolute Gasteiger partial charge is 0.352 e. The summed E-state index contributed by atoms with van der Waals surface area (Å²) in [6, 6.07) is 12.0.